The molecule has 2 atom stereocenters. The Morgan fingerprint density at radius 3 is 2.75 bits per heavy atom. The predicted octanol–water partition coefficient (Wildman–Crippen LogP) is 5.28. The predicted molar refractivity (Wildman–Crippen MR) is 129 cm³/mol. The third-order valence-corrected chi connectivity index (χ3v) is 9.04. The fraction of sp³-hybridized carbons (Fsp3) is 0.480. The smallest absolute Gasteiger partial charge is 0.254 e. The zero-order chi connectivity index (χ0) is 22.0. The molecule has 2 aromatic heterocycles. The minimum atomic E-state index is -0.0602. The number of hydrogen-bond acceptors (Lipinski definition) is 5. The van der Waals surface area contributed by atoms with Crippen molar-refractivity contribution in [3.05, 3.63) is 57.3 Å². The Balaban J connectivity index is 1.23. The van der Waals surface area contributed by atoms with E-state index >= 15 is 0 Å². The standard InChI is InChI=1S/C25H27ClN4OS/c1-14-28-22(18-7-10-32-23(18)29-14)20-12-19(20)17-4-3-15(11-21(17)26)24(31)30(2)25-8-5-16(6-9-25)27-13-25/h3-4,7,10-11,16,19-20,27H,5-6,8-9,12-13H2,1-2H3. The van der Waals surface area contributed by atoms with Gasteiger partial charge in [0.25, 0.3) is 5.91 Å². The molecular weight excluding hydrogens is 440 g/mol. The number of benzene rings is 1. The van der Waals surface area contributed by atoms with Crippen LogP contribution in [0.5, 0.6) is 0 Å². The summed E-state index contributed by atoms with van der Waals surface area (Å²) in [7, 11) is 1.96. The number of fused-ring (bicyclic) bond motifs is 4. The summed E-state index contributed by atoms with van der Waals surface area (Å²) in [5.74, 6) is 1.59. The number of aromatic nitrogens is 2. The first-order chi connectivity index (χ1) is 15.4. The lowest BCUT2D eigenvalue weighted by molar-refractivity contribution is 0.0223. The van der Waals surface area contributed by atoms with Crippen LogP contribution in [0.25, 0.3) is 10.2 Å². The van der Waals surface area contributed by atoms with Crippen LogP contribution in [0.2, 0.25) is 5.02 Å². The fourth-order valence-electron chi connectivity index (χ4n) is 5.81. The molecular formula is C25H27ClN4OS. The highest BCUT2D eigenvalue weighted by molar-refractivity contribution is 7.16. The number of thiophene rings is 1. The number of halogens is 1. The monoisotopic (exact) mass is 466 g/mol. The molecule has 1 N–H and O–H groups in total. The van der Waals surface area contributed by atoms with Crippen molar-refractivity contribution in [2.75, 3.05) is 13.6 Å². The van der Waals surface area contributed by atoms with Gasteiger partial charge in [0.15, 0.2) is 0 Å². The van der Waals surface area contributed by atoms with Crippen molar-refractivity contribution < 1.29 is 4.79 Å². The van der Waals surface area contributed by atoms with Gasteiger partial charge in [-0.05, 0) is 74.1 Å². The van der Waals surface area contributed by atoms with Crippen molar-refractivity contribution in [3.8, 4) is 0 Å². The molecule has 3 aromatic rings. The zero-order valence-electron chi connectivity index (χ0n) is 18.4. The van der Waals surface area contributed by atoms with Crippen molar-refractivity contribution in [2.45, 2.75) is 62.4 Å². The maximum absolute atomic E-state index is 13.3. The number of nitrogens with one attached hydrogen (secondary N) is 1. The van der Waals surface area contributed by atoms with Gasteiger partial charge in [-0.3, -0.25) is 4.79 Å². The SMILES string of the molecule is Cc1nc(C2CC2c2ccc(C(=O)N(C)C34CCC(CC3)NC4)cc2Cl)c2ccsc2n1. The third kappa shape index (κ3) is 3.27. The summed E-state index contributed by atoms with van der Waals surface area (Å²) in [5.41, 5.74) is 2.87. The van der Waals surface area contributed by atoms with Crippen LogP contribution < -0.4 is 5.32 Å². The lowest BCUT2D eigenvalue weighted by atomic mass is 9.74. The van der Waals surface area contributed by atoms with Crippen molar-refractivity contribution in [3.63, 3.8) is 0 Å². The molecule has 4 aliphatic rings. The van der Waals surface area contributed by atoms with Crippen LogP contribution in [0.1, 0.15) is 71.4 Å². The Hall–Kier alpha value is -2.02. The lowest BCUT2D eigenvalue weighted by Gasteiger charge is -2.52. The van der Waals surface area contributed by atoms with Crippen LogP contribution in [0.15, 0.2) is 29.6 Å². The van der Waals surface area contributed by atoms with E-state index in [0.29, 0.717) is 28.5 Å². The van der Waals surface area contributed by atoms with Gasteiger partial charge in [0.2, 0.25) is 0 Å². The van der Waals surface area contributed by atoms with Gasteiger partial charge in [0, 0.05) is 41.5 Å². The number of carbonyl (C=O) groups is 1. The second-order valence-corrected chi connectivity index (χ2v) is 11.0. The van der Waals surface area contributed by atoms with Gasteiger partial charge >= 0.3 is 0 Å². The number of likely N-dealkylation sites (N-methyl/N-ethyl adjacent to an activating group) is 1. The van der Waals surface area contributed by atoms with Crippen LogP contribution in [-0.2, 0) is 0 Å². The number of aryl methyl sites for hydroxylation is 1. The molecule has 1 amide bonds. The topological polar surface area (TPSA) is 58.1 Å². The molecule has 0 spiro atoms. The molecule has 2 bridgehead atoms. The number of carbonyl (C=O) groups excluding carboxylic acids is 1. The maximum atomic E-state index is 13.3. The fourth-order valence-corrected chi connectivity index (χ4v) is 6.95. The minimum Gasteiger partial charge on any atom is -0.335 e. The second-order valence-electron chi connectivity index (χ2n) is 9.72. The minimum absolute atomic E-state index is 0.0602. The number of nitrogens with zero attached hydrogens (tertiary/aromatic N) is 3. The largest absolute Gasteiger partial charge is 0.335 e. The van der Waals surface area contributed by atoms with Crippen molar-refractivity contribution >= 4 is 39.1 Å². The highest BCUT2D eigenvalue weighted by atomic mass is 35.5. The van der Waals surface area contributed by atoms with E-state index in [4.69, 9.17) is 16.6 Å². The van der Waals surface area contributed by atoms with Gasteiger partial charge < -0.3 is 10.2 Å². The van der Waals surface area contributed by atoms with E-state index in [1.54, 1.807) is 11.3 Å². The van der Waals surface area contributed by atoms with Gasteiger partial charge in [-0.25, -0.2) is 9.97 Å². The summed E-state index contributed by atoms with van der Waals surface area (Å²) in [5, 5.41) is 7.52. The first-order valence-electron chi connectivity index (χ1n) is 11.5. The summed E-state index contributed by atoms with van der Waals surface area (Å²) >= 11 is 8.40. The number of amides is 1. The number of rotatable bonds is 4. The van der Waals surface area contributed by atoms with Gasteiger partial charge in [-0.15, -0.1) is 11.3 Å². The third-order valence-electron chi connectivity index (χ3n) is 7.91. The normalized spacial score (nSPS) is 28.8. The molecule has 7 heteroatoms. The molecule has 1 aromatic carbocycles. The van der Waals surface area contributed by atoms with E-state index in [0.717, 1.165) is 65.9 Å². The summed E-state index contributed by atoms with van der Waals surface area (Å²) in [6.45, 7) is 2.85. The highest BCUT2D eigenvalue weighted by Crippen LogP contribution is 2.57. The molecule has 2 aliphatic carbocycles. The summed E-state index contributed by atoms with van der Waals surface area (Å²) in [6.07, 6.45) is 5.50. The molecule has 5 nitrogen and oxygen atoms in total. The molecule has 2 aliphatic heterocycles. The van der Waals surface area contributed by atoms with Crippen molar-refractivity contribution in [2.24, 2.45) is 0 Å². The van der Waals surface area contributed by atoms with Gasteiger partial charge in [0.1, 0.15) is 10.7 Å². The Morgan fingerprint density at radius 2 is 2.03 bits per heavy atom. The van der Waals surface area contributed by atoms with Crippen molar-refractivity contribution in [1.29, 1.82) is 0 Å². The molecule has 32 heavy (non-hydrogen) atoms. The van der Waals surface area contributed by atoms with E-state index in [1.165, 1.54) is 0 Å². The zero-order valence-corrected chi connectivity index (χ0v) is 20.0. The molecule has 2 unspecified atom stereocenters. The van der Waals surface area contributed by atoms with Gasteiger partial charge in [-0.1, -0.05) is 17.7 Å². The lowest BCUT2D eigenvalue weighted by Crippen LogP contribution is -2.64. The summed E-state index contributed by atoms with van der Waals surface area (Å²) in [6, 6.07) is 8.64. The summed E-state index contributed by atoms with van der Waals surface area (Å²) < 4.78 is 0. The van der Waals surface area contributed by atoms with Crippen LogP contribution in [0.4, 0.5) is 0 Å². The van der Waals surface area contributed by atoms with E-state index in [1.807, 2.05) is 31.0 Å². The van der Waals surface area contributed by atoms with E-state index in [-0.39, 0.29) is 11.4 Å². The van der Waals surface area contributed by atoms with Crippen LogP contribution in [0.3, 0.4) is 0 Å². The average Bonchev–Trinajstić information content (AvgIpc) is 3.46. The van der Waals surface area contributed by atoms with Gasteiger partial charge in [0.05, 0.1) is 11.2 Å². The first kappa shape index (κ1) is 20.6. The Labute approximate surface area is 197 Å². The number of hydrogen-bond donors (Lipinski definition) is 1. The van der Waals surface area contributed by atoms with Gasteiger partial charge in [-0.2, -0.15) is 0 Å². The molecule has 166 valence electrons. The average molecular weight is 467 g/mol. The quantitative estimate of drug-likeness (QED) is 0.568. The van der Waals surface area contributed by atoms with E-state index in [9.17, 15) is 4.79 Å². The van der Waals surface area contributed by atoms with Crippen molar-refractivity contribution in [1.82, 2.24) is 20.2 Å². The maximum Gasteiger partial charge on any atom is 0.254 e. The van der Waals surface area contributed by atoms with Crippen LogP contribution >= 0.6 is 22.9 Å². The molecule has 4 fully saturated rings. The number of piperidine rings is 2. The molecule has 7 rings (SSSR count). The molecule has 2 saturated carbocycles. The van der Waals surface area contributed by atoms with E-state index in [2.05, 4.69) is 27.8 Å². The molecule has 4 heterocycles. The van der Waals surface area contributed by atoms with Crippen LogP contribution in [0, 0.1) is 6.92 Å². The van der Waals surface area contributed by atoms with E-state index < -0.39 is 0 Å². The first-order valence-corrected chi connectivity index (χ1v) is 12.7. The Kier molecular flexibility index (Phi) is 4.83. The Morgan fingerprint density at radius 1 is 1.22 bits per heavy atom. The highest BCUT2D eigenvalue weighted by Gasteiger charge is 2.46. The summed E-state index contributed by atoms with van der Waals surface area (Å²) in [4.78, 5) is 25.7. The Bertz CT molecular complexity index is 1200. The second kappa shape index (κ2) is 7.51. The van der Waals surface area contributed by atoms with Crippen LogP contribution in [-0.4, -0.2) is 45.9 Å². The molecule has 2 saturated heterocycles. The molecule has 0 radical (unpaired) electrons.